The van der Waals surface area contributed by atoms with Gasteiger partial charge in [0.15, 0.2) is 0 Å². The number of imidazole rings is 1. The fourth-order valence-electron chi connectivity index (χ4n) is 2.84. The van der Waals surface area contributed by atoms with Crippen LogP contribution in [-0.2, 0) is 13.0 Å². The Balaban J connectivity index is 1.83. The molecule has 0 saturated carbocycles. The molecule has 0 N–H and O–H groups in total. The predicted octanol–water partition coefficient (Wildman–Crippen LogP) is 7.17. The van der Waals surface area contributed by atoms with Crippen LogP contribution < -0.4 is 0 Å². The van der Waals surface area contributed by atoms with Crippen LogP contribution in [0.3, 0.4) is 0 Å². The van der Waals surface area contributed by atoms with Crippen molar-refractivity contribution < 1.29 is 4.39 Å². The zero-order chi connectivity index (χ0) is 19.4. The molecule has 0 fully saturated rings. The Morgan fingerprint density at radius 3 is 2.44 bits per heavy atom. The van der Waals surface area contributed by atoms with E-state index in [4.69, 9.17) is 34.8 Å². The van der Waals surface area contributed by atoms with Gasteiger partial charge in [-0.3, -0.25) is 0 Å². The molecule has 3 aromatic rings. The monoisotopic (exact) mass is 442 g/mol. The van der Waals surface area contributed by atoms with Gasteiger partial charge in [-0.2, -0.15) is 0 Å². The SMILES string of the molecule is CC(CCc1ccc(F)cc1)(Cn1ccnc1)Sc1cc(Cl)c(Cl)cc1Cl. The van der Waals surface area contributed by atoms with E-state index in [1.807, 2.05) is 22.9 Å². The van der Waals surface area contributed by atoms with E-state index < -0.39 is 0 Å². The number of halogens is 4. The molecule has 2 aromatic carbocycles. The molecular weight excluding hydrogens is 426 g/mol. The molecule has 142 valence electrons. The number of hydrogen-bond acceptors (Lipinski definition) is 2. The lowest BCUT2D eigenvalue weighted by molar-refractivity contribution is 0.495. The minimum absolute atomic E-state index is 0.185. The molecule has 1 atom stereocenters. The molecule has 27 heavy (non-hydrogen) atoms. The van der Waals surface area contributed by atoms with Gasteiger partial charge in [-0.05, 0) is 49.6 Å². The highest BCUT2D eigenvalue weighted by molar-refractivity contribution is 8.00. The normalized spacial score (nSPS) is 13.5. The maximum absolute atomic E-state index is 13.2. The molecule has 1 unspecified atom stereocenters. The minimum atomic E-state index is -0.225. The molecule has 7 heteroatoms. The van der Waals surface area contributed by atoms with Crippen LogP contribution in [0.1, 0.15) is 18.9 Å². The lowest BCUT2D eigenvalue weighted by atomic mass is 10.00. The molecule has 1 heterocycles. The average Bonchev–Trinajstić information content (AvgIpc) is 3.12. The van der Waals surface area contributed by atoms with Crippen LogP contribution in [0.2, 0.25) is 15.1 Å². The Hall–Kier alpha value is -1.20. The standard InChI is InChI=1S/C20H18Cl3FN2S/c1-20(12-26-9-8-25-13-26,7-6-14-2-4-15(24)5-3-14)27-19-11-17(22)16(21)10-18(19)23/h2-5,8-11,13H,6-7,12H2,1H3. The number of aromatic nitrogens is 2. The van der Waals surface area contributed by atoms with Crippen molar-refractivity contribution in [2.45, 2.75) is 36.0 Å². The maximum atomic E-state index is 13.2. The summed E-state index contributed by atoms with van der Waals surface area (Å²) in [4.78, 5) is 5.01. The van der Waals surface area contributed by atoms with Gasteiger partial charge < -0.3 is 4.57 Å². The van der Waals surface area contributed by atoms with Crippen molar-refractivity contribution in [2.24, 2.45) is 0 Å². The lowest BCUT2D eigenvalue weighted by Gasteiger charge is -2.30. The molecular formula is C20H18Cl3FN2S. The molecule has 2 nitrogen and oxygen atoms in total. The molecule has 3 rings (SSSR count). The summed E-state index contributed by atoms with van der Waals surface area (Å²) in [5, 5.41) is 1.49. The van der Waals surface area contributed by atoms with E-state index in [1.165, 1.54) is 12.1 Å². The summed E-state index contributed by atoms with van der Waals surface area (Å²) in [6.07, 6.45) is 7.17. The van der Waals surface area contributed by atoms with Gasteiger partial charge in [-0.15, -0.1) is 11.8 Å². The summed E-state index contributed by atoms with van der Waals surface area (Å²) in [6, 6.07) is 10.1. The molecule has 0 saturated heterocycles. The van der Waals surface area contributed by atoms with Crippen LogP contribution in [-0.4, -0.2) is 14.3 Å². The highest BCUT2D eigenvalue weighted by Crippen LogP contribution is 2.43. The maximum Gasteiger partial charge on any atom is 0.123 e. The van der Waals surface area contributed by atoms with E-state index in [0.717, 1.165) is 29.8 Å². The van der Waals surface area contributed by atoms with Gasteiger partial charge in [0.25, 0.3) is 0 Å². The van der Waals surface area contributed by atoms with Gasteiger partial charge in [0.2, 0.25) is 0 Å². The van der Waals surface area contributed by atoms with Crippen LogP contribution in [0.4, 0.5) is 4.39 Å². The van der Waals surface area contributed by atoms with Crippen LogP contribution in [0.15, 0.2) is 60.0 Å². The second-order valence-electron chi connectivity index (χ2n) is 6.61. The molecule has 0 spiro atoms. The van der Waals surface area contributed by atoms with Gasteiger partial charge in [0.05, 0.1) is 21.4 Å². The largest absolute Gasteiger partial charge is 0.336 e. The van der Waals surface area contributed by atoms with E-state index in [1.54, 1.807) is 36.4 Å². The van der Waals surface area contributed by atoms with Crippen LogP contribution in [0.25, 0.3) is 0 Å². The Morgan fingerprint density at radius 1 is 1.07 bits per heavy atom. The first kappa shape index (κ1) is 20.5. The first-order chi connectivity index (χ1) is 12.8. The Morgan fingerprint density at radius 2 is 1.78 bits per heavy atom. The highest BCUT2D eigenvalue weighted by Gasteiger charge is 2.28. The van der Waals surface area contributed by atoms with E-state index in [2.05, 4.69) is 11.9 Å². The van der Waals surface area contributed by atoms with Crippen molar-refractivity contribution in [1.29, 1.82) is 0 Å². The van der Waals surface area contributed by atoms with Crippen molar-refractivity contribution >= 4 is 46.6 Å². The Kier molecular flexibility index (Phi) is 6.74. The summed E-state index contributed by atoms with van der Waals surface area (Å²) in [6.45, 7) is 2.93. The number of rotatable bonds is 7. The Labute approximate surface area is 177 Å². The summed E-state index contributed by atoms with van der Waals surface area (Å²) < 4.78 is 15.0. The molecule has 0 aliphatic carbocycles. The average molecular weight is 444 g/mol. The highest BCUT2D eigenvalue weighted by atomic mass is 35.5. The van der Waals surface area contributed by atoms with Gasteiger partial charge in [0, 0.05) is 28.6 Å². The molecule has 1 aromatic heterocycles. The molecule has 0 radical (unpaired) electrons. The molecule has 0 amide bonds. The molecule has 0 bridgehead atoms. The zero-order valence-corrected chi connectivity index (χ0v) is 17.7. The molecule has 0 aliphatic rings. The van der Waals surface area contributed by atoms with E-state index in [0.29, 0.717) is 15.1 Å². The van der Waals surface area contributed by atoms with Crippen molar-refractivity contribution in [3.05, 3.63) is 81.6 Å². The van der Waals surface area contributed by atoms with Crippen LogP contribution in [0.5, 0.6) is 0 Å². The summed E-state index contributed by atoms with van der Waals surface area (Å²) in [5.74, 6) is -0.225. The smallest absolute Gasteiger partial charge is 0.123 e. The van der Waals surface area contributed by atoms with Crippen molar-refractivity contribution in [3.8, 4) is 0 Å². The van der Waals surface area contributed by atoms with Crippen molar-refractivity contribution in [2.75, 3.05) is 0 Å². The fourth-order valence-corrected chi connectivity index (χ4v) is 4.85. The number of thioether (sulfide) groups is 1. The van der Waals surface area contributed by atoms with E-state index in [9.17, 15) is 4.39 Å². The Bertz CT molecular complexity index is 900. The third-order valence-corrected chi connectivity index (χ3v) is 6.79. The van der Waals surface area contributed by atoms with Crippen LogP contribution in [0, 0.1) is 5.82 Å². The lowest BCUT2D eigenvalue weighted by Crippen LogP contribution is -2.27. The number of hydrogen-bond donors (Lipinski definition) is 0. The van der Waals surface area contributed by atoms with Gasteiger partial charge in [-0.25, -0.2) is 9.37 Å². The first-order valence-corrected chi connectivity index (χ1v) is 10.3. The number of nitrogens with zero attached hydrogens (tertiary/aromatic N) is 2. The van der Waals surface area contributed by atoms with E-state index >= 15 is 0 Å². The van der Waals surface area contributed by atoms with E-state index in [-0.39, 0.29) is 10.6 Å². The van der Waals surface area contributed by atoms with Gasteiger partial charge >= 0.3 is 0 Å². The van der Waals surface area contributed by atoms with Crippen molar-refractivity contribution in [3.63, 3.8) is 0 Å². The second-order valence-corrected chi connectivity index (χ2v) is 9.46. The molecule has 0 aliphatic heterocycles. The number of aryl methyl sites for hydroxylation is 1. The minimum Gasteiger partial charge on any atom is -0.336 e. The second kappa shape index (κ2) is 8.87. The van der Waals surface area contributed by atoms with Crippen LogP contribution >= 0.6 is 46.6 Å². The zero-order valence-electron chi connectivity index (χ0n) is 14.6. The summed E-state index contributed by atoms with van der Waals surface area (Å²) in [5.41, 5.74) is 1.09. The first-order valence-electron chi connectivity index (χ1n) is 8.38. The predicted molar refractivity (Wildman–Crippen MR) is 113 cm³/mol. The van der Waals surface area contributed by atoms with Gasteiger partial charge in [-0.1, -0.05) is 46.9 Å². The number of benzene rings is 2. The topological polar surface area (TPSA) is 17.8 Å². The fraction of sp³-hybridized carbons (Fsp3) is 0.250. The third-order valence-electron chi connectivity index (χ3n) is 4.26. The third kappa shape index (κ3) is 5.64. The summed E-state index contributed by atoms with van der Waals surface area (Å²) in [7, 11) is 0. The van der Waals surface area contributed by atoms with Crippen molar-refractivity contribution in [1.82, 2.24) is 9.55 Å². The quantitative estimate of drug-likeness (QED) is 0.284. The van der Waals surface area contributed by atoms with Gasteiger partial charge in [0.1, 0.15) is 5.82 Å². The summed E-state index contributed by atoms with van der Waals surface area (Å²) >= 11 is 20.3.